The van der Waals surface area contributed by atoms with E-state index in [0.717, 1.165) is 48.7 Å². The van der Waals surface area contributed by atoms with Gasteiger partial charge < -0.3 is 9.88 Å². The molecule has 128 valence electrons. The minimum atomic E-state index is 0.252. The van der Waals surface area contributed by atoms with Crippen LogP contribution in [0.5, 0.6) is 0 Å². The van der Waals surface area contributed by atoms with Crippen molar-refractivity contribution >= 4 is 16.8 Å². The van der Waals surface area contributed by atoms with Crippen molar-refractivity contribution in [1.82, 2.24) is 14.9 Å². The summed E-state index contributed by atoms with van der Waals surface area (Å²) >= 11 is 0. The summed E-state index contributed by atoms with van der Waals surface area (Å²) in [7, 11) is 0. The van der Waals surface area contributed by atoms with Gasteiger partial charge in [-0.2, -0.15) is 0 Å². The van der Waals surface area contributed by atoms with E-state index >= 15 is 0 Å². The fourth-order valence-electron chi connectivity index (χ4n) is 3.89. The van der Waals surface area contributed by atoms with Crippen LogP contribution in [0.2, 0.25) is 0 Å². The van der Waals surface area contributed by atoms with Crippen LogP contribution in [0.3, 0.4) is 0 Å². The lowest BCUT2D eigenvalue weighted by Gasteiger charge is -2.25. The highest BCUT2D eigenvalue weighted by Gasteiger charge is 2.28. The second-order valence-corrected chi connectivity index (χ2v) is 6.81. The van der Waals surface area contributed by atoms with Crippen LogP contribution in [-0.4, -0.2) is 33.4 Å². The molecule has 3 aromatic rings. The van der Waals surface area contributed by atoms with Crippen LogP contribution in [0.15, 0.2) is 55.0 Å². The number of carbonyl (C=O) groups is 1. The number of aromatic amines is 1. The third-order valence-corrected chi connectivity index (χ3v) is 5.23. The van der Waals surface area contributed by atoms with Gasteiger partial charge in [-0.15, -0.1) is 0 Å². The number of nitrogens with zero attached hydrogens (tertiary/aromatic N) is 2. The van der Waals surface area contributed by atoms with Crippen molar-refractivity contribution in [3.63, 3.8) is 0 Å². The Kier molecular flexibility index (Phi) is 4.51. The van der Waals surface area contributed by atoms with Gasteiger partial charge in [-0.25, -0.2) is 0 Å². The molecule has 4 rings (SSSR count). The van der Waals surface area contributed by atoms with E-state index in [2.05, 4.69) is 39.1 Å². The number of pyridine rings is 1. The topological polar surface area (TPSA) is 49.0 Å². The predicted octanol–water partition coefficient (Wildman–Crippen LogP) is 3.73. The van der Waals surface area contributed by atoms with E-state index in [1.165, 1.54) is 5.56 Å². The molecule has 1 aromatic carbocycles. The Morgan fingerprint density at radius 3 is 2.92 bits per heavy atom. The number of hydrogen-bond acceptors (Lipinski definition) is 2. The van der Waals surface area contributed by atoms with Crippen LogP contribution in [-0.2, 0) is 17.6 Å². The molecule has 1 atom stereocenters. The monoisotopic (exact) mass is 333 g/mol. The molecule has 1 unspecified atom stereocenters. The zero-order chi connectivity index (χ0) is 17.1. The molecule has 1 aliphatic rings. The average molecular weight is 333 g/mol. The van der Waals surface area contributed by atoms with Gasteiger partial charge in [0, 0.05) is 42.1 Å². The summed E-state index contributed by atoms with van der Waals surface area (Å²) in [6.45, 7) is 0.891. The van der Waals surface area contributed by atoms with E-state index in [-0.39, 0.29) is 5.91 Å². The van der Waals surface area contributed by atoms with E-state index in [9.17, 15) is 4.79 Å². The second kappa shape index (κ2) is 7.09. The molecule has 1 amide bonds. The molecule has 1 saturated heterocycles. The molecule has 0 bridgehead atoms. The molecule has 0 aliphatic carbocycles. The first-order valence-electron chi connectivity index (χ1n) is 9.04. The summed E-state index contributed by atoms with van der Waals surface area (Å²) in [5.74, 6) is 0.252. The number of fused-ring (bicyclic) bond motifs is 1. The van der Waals surface area contributed by atoms with Crippen molar-refractivity contribution in [1.29, 1.82) is 0 Å². The number of nitrogens with one attached hydrogen (secondary N) is 1. The third kappa shape index (κ3) is 3.43. The molecule has 1 N–H and O–H groups in total. The SMILES string of the molecule is O=C(Cc1c[nH]c2ccccc12)N1CCCC1CCc1ccncc1. The fraction of sp³-hybridized carbons (Fsp3) is 0.333. The summed E-state index contributed by atoms with van der Waals surface area (Å²) in [5.41, 5.74) is 3.49. The Balaban J connectivity index is 1.42. The van der Waals surface area contributed by atoms with Gasteiger partial charge in [0.25, 0.3) is 0 Å². The largest absolute Gasteiger partial charge is 0.361 e. The van der Waals surface area contributed by atoms with Crippen molar-refractivity contribution in [3.05, 3.63) is 66.1 Å². The van der Waals surface area contributed by atoms with Crippen LogP contribution >= 0.6 is 0 Å². The predicted molar refractivity (Wildman–Crippen MR) is 99.3 cm³/mol. The number of aromatic nitrogens is 2. The molecule has 0 saturated carbocycles. The zero-order valence-electron chi connectivity index (χ0n) is 14.3. The van der Waals surface area contributed by atoms with Gasteiger partial charge in [-0.3, -0.25) is 9.78 Å². The first-order chi connectivity index (χ1) is 12.3. The summed E-state index contributed by atoms with van der Waals surface area (Å²) < 4.78 is 0. The Morgan fingerprint density at radius 1 is 1.20 bits per heavy atom. The number of hydrogen-bond donors (Lipinski definition) is 1. The van der Waals surface area contributed by atoms with Crippen molar-refractivity contribution in [2.45, 2.75) is 38.1 Å². The minimum absolute atomic E-state index is 0.252. The number of amides is 1. The zero-order valence-corrected chi connectivity index (χ0v) is 14.3. The molecule has 1 aliphatic heterocycles. The van der Waals surface area contributed by atoms with Crippen LogP contribution in [0.25, 0.3) is 10.9 Å². The number of H-pyrrole nitrogens is 1. The highest BCUT2D eigenvalue weighted by Crippen LogP contribution is 2.24. The van der Waals surface area contributed by atoms with Crippen LogP contribution < -0.4 is 0 Å². The van der Waals surface area contributed by atoms with Gasteiger partial charge in [0.15, 0.2) is 0 Å². The fourth-order valence-corrected chi connectivity index (χ4v) is 3.89. The Hall–Kier alpha value is -2.62. The standard InChI is InChI=1S/C21H23N3O/c25-21(14-17-15-23-20-6-2-1-5-19(17)20)24-13-3-4-18(24)8-7-16-9-11-22-12-10-16/h1-2,5-6,9-12,15,18,23H,3-4,7-8,13-14H2. The summed E-state index contributed by atoms with van der Waals surface area (Å²) in [6.07, 6.45) is 10.4. The molecule has 3 heterocycles. The van der Waals surface area contributed by atoms with Gasteiger partial charge in [0.1, 0.15) is 0 Å². The van der Waals surface area contributed by atoms with E-state index in [1.54, 1.807) is 0 Å². The number of carbonyl (C=O) groups excluding carboxylic acids is 1. The second-order valence-electron chi connectivity index (χ2n) is 6.81. The lowest BCUT2D eigenvalue weighted by atomic mass is 10.0. The Bertz CT molecular complexity index is 856. The molecular formula is C21H23N3O. The van der Waals surface area contributed by atoms with E-state index in [1.807, 2.05) is 30.7 Å². The number of likely N-dealkylation sites (tertiary alicyclic amines) is 1. The molecule has 0 radical (unpaired) electrons. The van der Waals surface area contributed by atoms with Crippen molar-refractivity contribution in [3.8, 4) is 0 Å². The number of aryl methyl sites for hydroxylation is 1. The highest BCUT2D eigenvalue weighted by atomic mass is 16.2. The minimum Gasteiger partial charge on any atom is -0.361 e. The summed E-state index contributed by atoms with van der Waals surface area (Å²) in [5, 5.41) is 1.16. The molecule has 2 aromatic heterocycles. The quantitative estimate of drug-likeness (QED) is 0.773. The molecule has 0 spiro atoms. The Morgan fingerprint density at radius 2 is 2.04 bits per heavy atom. The van der Waals surface area contributed by atoms with Crippen LogP contribution in [0.1, 0.15) is 30.4 Å². The van der Waals surface area contributed by atoms with Gasteiger partial charge in [-0.05, 0) is 55.0 Å². The lowest BCUT2D eigenvalue weighted by molar-refractivity contribution is -0.131. The normalized spacial score (nSPS) is 17.3. The van der Waals surface area contributed by atoms with E-state index in [4.69, 9.17) is 0 Å². The van der Waals surface area contributed by atoms with Crippen molar-refractivity contribution < 1.29 is 4.79 Å². The van der Waals surface area contributed by atoms with Gasteiger partial charge >= 0.3 is 0 Å². The Labute approximate surface area is 147 Å². The maximum Gasteiger partial charge on any atom is 0.227 e. The smallest absolute Gasteiger partial charge is 0.227 e. The number of benzene rings is 1. The van der Waals surface area contributed by atoms with Crippen LogP contribution in [0, 0.1) is 0 Å². The average Bonchev–Trinajstić information content (AvgIpc) is 3.28. The summed E-state index contributed by atoms with van der Waals surface area (Å²) in [6, 6.07) is 12.7. The lowest BCUT2D eigenvalue weighted by Crippen LogP contribution is -2.36. The molecule has 1 fully saturated rings. The highest BCUT2D eigenvalue weighted by molar-refractivity contribution is 5.89. The third-order valence-electron chi connectivity index (χ3n) is 5.23. The maximum absolute atomic E-state index is 12.9. The van der Waals surface area contributed by atoms with Crippen LogP contribution in [0.4, 0.5) is 0 Å². The molecule has 25 heavy (non-hydrogen) atoms. The first kappa shape index (κ1) is 15.9. The van der Waals surface area contributed by atoms with Gasteiger partial charge in [-0.1, -0.05) is 18.2 Å². The van der Waals surface area contributed by atoms with Crippen molar-refractivity contribution in [2.24, 2.45) is 0 Å². The van der Waals surface area contributed by atoms with E-state index < -0.39 is 0 Å². The first-order valence-corrected chi connectivity index (χ1v) is 9.04. The maximum atomic E-state index is 12.9. The van der Waals surface area contributed by atoms with Gasteiger partial charge in [0.2, 0.25) is 5.91 Å². The van der Waals surface area contributed by atoms with Gasteiger partial charge in [0.05, 0.1) is 6.42 Å². The molecular weight excluding hydrogens is 310 g/mol. The number of rotatable bonds is 5. The van der Waals surface area contributed by atoms with E-state index in [0.29, 0.717) is 12.5 Å². The molecule has 4 nitrogen and oxygen atoms in total. The summed E-state index contributed by atoms with van der Waals surface area (Å²) in [4.78, 5) is 22.3. The van der Waals surface area contributed by atoms with Crippen molar-refractivity contribution in [2.75, 3.05) is 6.54 Å². The number of para-hydroxylation sites is 1. The molecule has 4 heteroatoms.